The van der Waals surface area contributed by atoms with Crippen LogP contribution in [-0.4, -0.2) is 26.2 Å². The molecule has 98 valence electrons. The van der Waals surface area contributed by atoms with Crippen molar-refractivity contribution in [1.29, 1.82) is 0 Å². The lowest BCUT2D eigenvalue weighted by Gasteiger charge is -2.29. The van der Waals surface area contributed by atoms with Crippen molar-refractivity contribution in [2.75, 3.05) is 31.1 Å². The van der Waals surface area contributed by atoms with Gasteiger partial charge in [0, 0.05) is 18.8 Å². The fraction of sp³-hybridized carbons (Fsp3) is 0.600. The summed E-state index contributed by atoms with van der Waals surface area (Å²) in [5, 5.41) is 3.40. The third-order valence-corrected chi connectivity index (χ3v) is 4.22. The van der Waals surface area contributed by atoms with E-state index < -0.39 is 0 Å². The predicted molar refractivity (Wildman–Crippen MR) is 72.7 cm³/mol. The Hall–Kier alpha value is -1.09. The lowest BCUT2D eigenvalue weighted by molar-refractivity contribution is 0.460. The molecule has 3 heteroatoms. The Balaban J connectivity index is 1.91. The molecule has 0 radical (unpaired) electrons. The summed E-state index contributed by atoms with van der Waals surface area (Å²) in [4.78, 5) is 2.36. The maximum absolute atomic E-state index is 13.5. The highest BCUT2D eigenvalue weighted by atomic mass is 19.1. The van der Waals surface area contributed by atoms with Crippen LogP contribution in [-0.2, 0) is 0 Å². The van der Waals surface area contributed by atoms with Crippen LogP contribution in [0.5, 0.6) is 0 Å². The number of nitrogens with one attached hydrogen (secondary N) is 1. The van der Waals surface area contributed by atoms with Gasteiger partial charge < -0.3 is 10.2 Å². The van der Waals surface area contributed by atoms with Gasteiger partial charge in [-0.3, -0.25) is 0 Å². The minimum absolute atomic E-state index is 0.102. The highest BCUT2D eigenvalue weighted by molar-refractivity contribution is 5.56. The Morgan fingerprint density at radius 2 is 1.83 bits per heavy atom. The molecule has 2 aliphatic rings. The van der Waals surface area contributed by atoms with Crippen LogP contribution in [0.1, 0.15) is 37.2 Å². The fourth-order valence-electron chi connectivity index (χ4n) is 3.23. The van der Waals surface area contributed by atoms with Gasteiger partial charge in [-0.15, -0.1) is 0 Å². The average Bonchev–Trinajstić information content (AvgIpc) is 2.93. The van der Waals surface area contributed by atoms with Crippen LogP contribution in [0.15, 0.2) is 18.2 Å². The van der Waals surface area contributed by atoms with Gasteiger partial charge in [0.25, 0.3) is 0 Å². The van der Waals surface area contributed by atoms with Crippen LogP contribution in [0.25, 0.3) is 0 Å². The van der Waals surface area contributed by atoms with E-state index in [0.29, 0.717) is 5.92 Å². The van der Waals surface area contributed by atoms with Gasteiger partial charge in [0.1, 0.15) is 5.82 Å². The van der Waals surface area contributed by atoms with Gasteiger partial charge in [-0.25, -0.2) is 4.39 Å². The van der Waals surface area contributed by atoms with Crippen LogP contribution in [0.2, 0.25) is 0 Å². The molecule has 2 aliphatic heterocycles. The third kappa shape index (κ3) is 2.37. The molecule has 2 nitrogen and oxygen atoms in total. The molecular weight excluding hydrogens is 227 g/mol. The monoisotopic (exact) mass is 248 g/mol. The summed E-state index contributed by atoms with van der Waals surface area (Å²) >= 11 is 0. The number of rotatable bonds is 2. The Morgan fingerprint density at radius 1 is 1.11 bits per heavy atom. The molecule has 0 bridgehead atoms. The summed E-state index contributed by atoms with van der Waals surface area (Å²) < 4.78 is 13.5. The quantitative estimate of drug-likeness (QED) is 0.865. The zero-order valence-electron chi connectivity index (χ0n) is 10.8. The second-order valence-corrected chi connectivity index (χ2v) is 5.42. The van der Waals surface area contributed by atoms with Gasteiger partial charge in [-0.1, -0.05) is 6.07 Å². The summed E-state index contributed by atoms with van der Waals surface area (Å²) in [6.45, 7) is 4.34. The number of nitrogens with zero attached hydrogens (tertiary/aromatic N) is 1. The Bertz CT molecular complexity index is 407. The van der Waals surface area contributed by atoms with Crippen LogP contribution >= 0.6 is 0 Å². The first-order valence-electron chi connectivity index (χ1n) is 7.10. The number of anilines is 1. The highest BCUT2D eigenvalue weighted by Crippen LogP contribution is 2.35. The molecule has 2 fully saturated rings. The van der Waals surface area contributed by atoms with Crippen molar-refractivity contribution in [3.05, 3.63) is 29.6 Å². The van der Waals surface area contributed by atoms with Gasteiger partial charge in [-0.2, -0.15) is 0 Å². The Kier molecular flexibility index (Phi) is 3.50. The second-order valence-electron chi connectivity index (χ2n) is 5.42. The molecule has 0 spiro atoms. The topological polar surface area (TPSA) is 15.3 Å². The van der Waals surface area contributed by atoms with Gasteiger partial charge in [0.2, 0.25) is 0 Å². The fourth-order valence-corrected chi connectivity index (χ4v) is 3.23. The molecule has 0 unspecified atom stereocenters. The summed E-state index contributed by atoms with van der Waals surface area (Å²) in [5.41, 5.74) is 2.51. The van der Waals surface area contributed by atoms with Crippen LogP contribution in [0.3, 0.4) is 0 Å². The van der Waals surface area contributed by atoms with Crippen LogP contribution in [0, 0.1) is 5.82 Å². The molecule has 1 aromatic rings. The van der Waals surface area contributed by atoms with E-state index in [0.717, 1.165) is 31.9 Å². The van der Waals surface area contributed by atoms with Crippen LogP contribution < -0.4 is 10.2 Å². The summed E-state index contributed by atoms with van der Waals surface area (Å²) in [6.07, 6.45) is 4.82. The number of halogens is 1. The Morgan fingerprint density at radius 3 is 2.56 bits per heavy atom. The number of hydrogen-bond acceptors (Lipinski definition) is 2. The van der Waals surface area contributed by atoms with Crippen LogP contribution in [0.4, 0.5) is 10.1 Å². The molecule has 3 rings (SSSR count). The average molecular weight is 248 g/mol. The summed E-state index contributed by atoms with van der Waals surface area (Å²) in [7, 11) is 0. The van der Waals surface area contributed by atoms with E-state index in [1.54, 1.807) is 12.1 Å². The maximum atomic E-state index is 13.5. The van der Waals surface area contributed by atoms with Crippen molar-refractivity contribution < 1.29 is 4.39 Å². The largest absolute Gasteiger partial charge is 0.371 e. The van der Waals surface area contributed by atoms with E-state index in [9.17, 15) is 4.39 Å². The van der Waals surface area contributed by atoms with Gasteiger partial charge >= 0.3 is 0 Å². The summed E-state index contributed by atoms with van der Waals surface area (Å²) in [5.74, 6) is 0.497. The molecule has 0 saturated carbocycles. The minimum atomic E-state index is -0.102. The molecule has 18 heavy (non-hydrogen) atoms. The molecule has 0 aromatic heterocycles. The van der Waals surface area contributed by atoms with E-state index in [1.807, 2.05) is 6.07 Å². The first-order valence-corrected chi connectivity index (χ1v) is 7.10. The van der Waals surface area contributed by atoms with Crippen molar-refractivity contribution in [2.45, 2.75) is 31.6 Å². The molecular formula is C15H21FN2. The lowest BCUT2D eigenvalue weighted by atomic mass is 9.88. The van der Waals surface area contributed by atoms with E-state index in [1.165, 1.54) is 31.2 Å². The molecule has 2 saturated heterocycles. The molecule has 2 heterocycles. The molecule has 1 aromatic carbocycles. The zero-order chi connectivity index (χ0) is 12.4. The molecule has 1 N–H and O–H groups in total. The normalized spacial score (nSPS) is 21.5. The van der Waals surface area contributed by atoms with E-state index >= 15 is 0 Å². The zero-order valence-corrected chi connectivity index (χ0v) is 10.8. The van der Waals surface area contributed by atoms with Crippen molar-refractivity contribution in [1.82, 2.24) is 5.32 Å². The summed E-state index contributed by atoms with van der Waals surface area (Å²) in [6, 6.07) is 5.37. The number of benzene rings is 1. The maximum Gasteiger partial charge on any atom is 0.125 e. The van der Waals surface area contributed by atoms with Gasteiger partial charge in [0.15, 0.2) is 0 Å². The molecule has 0 atom stereocenters. The van der Waals surface area contributed by atoms with Crippen molar-refractivity contribution in [3.63, 3.8) is 0 Å². The van der Waals surface area contributed by atoms with E-state index in [-0.39, 0.29) is 5.82 Å². The predicted octanol–water partition coefficient (Wildman–Crippen LogP) is 2.89. The highest BCUT2D eigenvalue weighted by Gasteiger charge is 2.22. The van der Waals surface area contributed by atoms with Gasteiger partial charge in [-0.05, 0) is 62.4 Å². The first kappa shape index (κ1) is 12.0. The standard InChI is InChI=1S/C15H21FN2/c16-13-3-4-14(12-5-7-17-8-6-12)15(11-13)18-9-1-2-10-18/h3-4,11-12,17H,1-2,5-10H2. The molecule has 0 amide bonds. The van der Waals surface area contributed by atoms with E-state index in [2.05, 4.69) is 10.2 Å². The van der Waals surface area contributed by atoms with Crippen molar-refractivity contribution in [2.24, 2.45) is 0 Å². The lowest BCUT2D eigenvalue weighted by Crippen LogP contribution is -2.28. The Labute approximate surface area is 108 Å². The van der Waals surface area contributed by atoms with Gasteiger partial charge in [0.05, 0.1) is 0 Å². The smallest absolute Gasteiger partial charge is 0.125 e. The SMILES string of the molecule is Fc1ccc(C2CCNCC2)c(N2CCCC2)c1. The third-order valence-electron chi connectivity index (χ3n) is 4.22. The minimum Gasteiger partial charge on any atom is -0.371 e. The molecule has 0 aliphatic carbocycles. The second kappa shape index (κ2) is 5.27. The first-order chi connectivity index (χ1) is 8.84. The van der Waals surface area contributed by atoms with Crippen molar-refractivity contribution >= 4 is 5.69 Å². The number of piperidine rings is 1. The van der Waals surface area contributed by atoms with E-state index in [4.69, 9.17) is 0 Å². The number of hydrogen-bond donors (Lipinski definition) is 1. The van der Waals surface area contributed by atoms with Crippen molar-refractivity contribution in [3.8, 4) is 0 Å².